The van der Waals surface area contributed by atoms with E-state index in [1.54, 1.807) is 0 Å². The van der Waals surface area contributed by atoms with Crippen molar-refractivity contribution in [3.05, 3.63) is 28.8 Å². The summed E-state index contributed by atoms with van der Waals surface area (Å²) in [7, 11) is 0. The lowest BCUT2D eigenvalue weighted by molar-refractivity contribution is 0.300. The van der Waals surface area contributed by atoms with Crippen LogP contribution in [-0.4, -0.2) is 31.1 Å². The van der Waals surface area contributed by atoms with E-state index in [1.807, 2.05) is 6.07 Å². The Morgan fingerprint density at radius 1 is 1.21 bits per heavy atom. The van der Waals surface area contributed by atoms with E-state index >= 15 is 0 Å². The molecular weight excluding hydrogens is 258 g/mol. The molecule has 3 heteroatoms. The van der Waals surface area contributed by atoms with Crippen molar-refractivity contribution in [3.8, 4) is 5.75 Å². The van der Waals surface area contributed by atoms with Crippen molar-refractivity contribution in [1.82, 2.24) is 4.90 Å². The Bertz CT molecular complexity index is 425. The number of rotatable bonds is 6. The first kappa shape index (κ1) is 13.3. The number of nitrogens with zero attached hydrogens (tertiary/aromatic N) is 1. The van der Waals surface area contributed by atoms with Gasteiger partial charge in [-0.2, -0.15) is 0 Å². The Morgan fingerprint density at radius 2 is 2.00 bits per heavy atom. The van der Waals surface area contributed by atoms with Gasteiger partial charge in [-0.3, -0.25) is 0 Å². The molecular formula is C16H22ClNO. The van der Waals surface area contributed by atoms with Gasteiger partial charge < -0.3 is 9.64 Å². The van der Waals surface area contributed by atoms with Gasteiger partial charge >= 0.3 is 0 Å². The largest absolute Gasteiger partial charge is 0.492 e. The number of halogens is 1. The third kappa shape index (κ3) is 3.87. The van der Waals surface area contributed by atoms with Crippen molar-refractivity contribution in [3.63, 3.8) is 0 Å². The summed E-state index contributed by atoms with van der Waals surface area (Å²) in [4.78, 5) is 2.53. The van der Waals surface area contributed by atoms with E-state index in [9.17, 15) is 0 Å². The Hall–Kier alpha value is -0.730. The SMILES string of the molecule is Clc1cc(CCN2CCCC2)ccc1OCC1CC1. The monoisotopic (exact) mass is 279 g/mol. The van der Waals surface area contributed by atoms with Gasteiger partial charge in [-0.05, 0) is 68.8 Å². The Labute approximate surface area is 120 Å². The summed E-state index contributed by atoms with van der Waals surface area (Å²) in [5, 5.41) is 0.763. The molecule has 2 aliphatic rings. The standard InChI is InChI=1S/C16H22ClNO/c17-15-11-13(7-10-18-8-1-2-9-18)5-6-16(15)19-12-14-3-4-14/h5-6,11,14H,1-4,7-10,12H2. The molecule has 19 heavy (non-hydrogen) atoms. The van der Waals surface area contributed by atoms with Crippen LogP contribution >= 0.6 is 11.6 Å². The van der Waals surface area contributed by atoms with Gasteiger partial charge in [0, 0.05) is 6.54 Å². The zero-order valence-corrected chi connectivity index (χ0v) is 12.2. The van der Waals surface area contributed by atoms with Crippen molar-refractivity contribution in [2.24, 2.45) is 5.92 Å². The molecule has 3 rings (SSSR count). The number of benzene rings is 1. The first-order valence-corrected chi connectivity index (χ1v) is 7.82. The highest BCUT2D eigenvalue weighted by Gasteiger charge is 2.22. The molecule has 0 N–H and O–H groups in total. The van der Waals surface area contributed by atoms with Crippen LogP contribution in [0.1, 0.15) is 31.2 Å². The first-order chi connectivity index (χ1) is 9.31. The van der Waals surface area contributed by atoms with Crippen molar-refractivity contribution in [2.45, 2.75) is 32.1 Å². The van der Waals surface area contributed by atoms with Gasteiger partial charge in [0.2, 0.25) is 0 Å². The number of ether oxygens (including phenoxy) is 1. The number of hydrogen-bond donors (Lipinski definition) is 0. The highest BCUT2D eigenvalue weighted by Crippen LogP contribution is 2.32. The zero-order chi connectivity index (χ0) is 13.1. The summed E-state index contributed by atoms with van der Waals surface area (Å²) in [6, 6.07) is 6.26. The van der Waals surface area contributed by atoms with Crippen molar-refractivity contribution in [2.75, 3.05) is 26.2 Å². The minimum Gasteiger partial charge on any atom is -0.492 e. The third-order valence-electron chi connectivity index (χ3n) is 4.08. The predicted molar refractivity (Wildman–Crippen MR) is 79.0 cm³/mol. The van der Waals surface area contributed by atoms with Crippen LogP contribution < -0.4 is 4.74 Å². The highest BCUT2D eigenvalue weighted by atomic mass is 35.5. The Morgan fingerprint density at radius 3 is 2.68 bits per heavy atom. The molecule has 0 spiro atoms. The van der Waals surface area contributed by atoms with Gasteiger partial charge in [0.1, 0.15) is 5.75 Å². The van der Waals surface area contributed by atoms with Crippen LogP contribution in [0.3, 0.4) is 0 Å². The maximum Gasteiger partial charge on any atom is 0.137 e. The molecule has 2 fully saturated rings. The van der Waals surface area contributed by atoms with Crippen LogP contribution in [0.4, 0.5) is 0 Å². The Balaban J connectivity index is 1.51. The average Bonchev–Trinajstić information content (AvgIpc) is 3.09. The molecule has 0 unspecified atom stereocenters. The molecule has 1 aromatic rings. The van der Waals surface area contributed by atoms with E-state index in [0.29, 0.717) is 0 Å². The molecule has 0 bridgehead atoms. The van der Waals surface area contributed by atoms with E-state index < -0.39 is 0 Å². The van der Waals surface area contributed by atoms with Crippen molar-refractivity contribution < 1.29 is 4.74 Å². The molecule has 1 aliphatic heterocycles. The fourth-order valence-corrected chi connectivity index (χ4v) is 2.86. The maximum atomic E-state index is 6.29. The van der Waals surface area contributed by atoms with Crippen molar-refractivity contribution in [1.29, 1.82) is 0 Å². The summed E-state index contributed by atoms with van der Waals surface area (Å²) in [6.07, 6.45) is 6.42. The lowest BCUT2D eigenvalue weighted by Gasteiger charge is -2.15. The molecule has 0 aromatic heterocycles. The molecule has 0 atom stereocenters. The minimum absolute atomic E-state index is 0.763. The van der Waals surface area contributed by atoms with Crippen LogP contribution in [0.2, 0.25) is 5.02 Å². The normalized spacial score (nSPS) is 19.8. The van der Waals surface area contributed by atoms with Gasteiger partial charge in [-0.1, -0.05) is 17.7 Å². The molecule has 2 nitrogen and oxygen atoms in total. The fraction of sp³-hybridized carbons (Fsp3) is 0.625. The van der Waals surface area contributed by atoms with E-state index in [0.717, 1.165) is 36.3 Å². The maximum absolute atomic E-state index is 6.29. The predicted octanol–water partition coefficient (Wildman–Crippen LogP) is 3.77. The molecule has 1 heterocycles. The van der Waals surface area contributed by atoms with Crippen LogP contribution in [0.5, 0.6) is 5.75 Å². The molecule has 1 saturated carbocycles. The van der Waals surface area contributed by atoms with Crippen molar-refractivity contribution >= 4 is 11.6 Å². The molecule has 104 valence electrons. The fourth-order valence-electron chi connectivity index (χ4n) is 2.60. The van der Waals surface area contributed by atoms with Gasteiger partial charge in [0.15, 0.2) is 0 Å². The second-order valence-corrected chi connectivity index (χ2v) is 6.23. The van der Waals surface area contributed by atoms with Crippen LogP contribution in [-0.2, 0) is 6.42 Å². The average molecular weight is 280 g/mol. The van der Waals surface area contributed by atoms with Crippen LogP contribution in [0.25, 0.3) is 0 Å². The molecule has 1 aromatic carbocycles. The van der Waals surface area contributed by atoms with E-state index in [1.165, 1.54) is 44.3 Å². The van der Waals surface area contributed by atoms with Gasteiger partial charge in [-0.15, -0.1) is 0 Å². The molecule has 0 radical (unpaired) electrons. The quantitative estimate of drug-likeness (QED) is 0.786. The summed E-state index contributed by atoms with van der Waals surface area (Å²) in [5.41, 5.74) is 1.32. The topological polar surface area (TPSA) is 12.5 Å². The zero-order valence-electron chi connectivity index (χ0n) is 11.4. The summed E-state index contributed by atoms with van der Waals surface area (Å²) >= 11 is 6.29. The second-order valence-electron chi connectivity index (χ2n) is 5.82. The lowest BCUT2D eigenvalue weighted by atomic mass is 10.1. The van der Waals surface area contributed by atoms with E-state index in [-0.39, 0.29) is 0 Å². The first-order valence-electron chi connectivity index (χ1n) is 7.45. The number of hydrogen-bond acceptors (Lipinski definition) is 2. The highest BCUT2D eigenvalue weighted by molar-refractivity contribution is 6.32. The summed E-state index contributed by atoms with van der Waals surface area (Å²) in [6.45, 7) is 4.50. The van der Waals surface area contributed by atoms with E-state index in [2.05, 4.69) is 17.0 Å². The summed E-state index contributed by atoms with van der Waals surface area (Å²) < 4.78 is 5.75. The number of likely N-dealkylation sites (tertiary alicyclic amines) is 1. The van der Waals surface area contributed by atoms with Crippen LogP contribution in [0.15, 0.2) is 18.2 Å². The van der Waals surface area contributed by atoms with E-state index in [4.69, 9.17) is 16.3 Å². The van der Waals surface area contributed by atoms with Gasteiger partial charge in [0.05, 0.1) is 11.6 Å². The minimum atomic E-state index is 0.763. The smallest absolute Gasteiger partial charge is 0.137 e. The molecule has 0 amide bonds. The second kappa shape index (κ2) is 6.15. The third-order valence-corrected chi connectivity index (χ3v) is 4.38. The lowest BCUT2D eigenvalue weighted by Crippen LogP contribution is -2.21. The molecule has 1 aliphatic carbocycles. The summed E-state index contributed by atoms with van der Waals surface area (Å²) in [5.74, 6) is 1.62. The van der Waals surface area contributed by atoms with Crippen LogP contribution in [0, 0.1) is 5.92 Å². The Kier molecular flexibility index (Phi) is 4.29. The molecule has 1 saturated heterocycles. The van der Waals surface area contributed by atoms with Gasteiger partial charge in [-0.25, -0.2) is 0 Å². The van der Waals surface area contributed by atoms with Gasteiger partial charge in [0.25, 0.3) is 0 Å².